The van der Waals surface area contributed by atoms with Gasteiger partial charge in [0.15, 0.2) is 0 Å². The topological polar surface area (TPSA) is 52.6 Å². The maximum atomic E-state index is 5.44. The first-order valence-corrected chi connectivity index (χ1v) is 44.1. The van der Waals surface area contributed by atoms with Crippen LogP contribution in [0.4, 0.5) is 0 Å². The summed E-state index contributed by atoms with van der Waals surface area (Å²) in [7, 11) is -0.423. The first-order chi connectivity index (χ1) is 53.8. The van der Waals surface area contributed by atoms with Crippen LogP contribution in [0.3, 0.4) is 0 Å². The van der Waals surface area contributed by atoms with Crippen molar-refractivity contribution in [3.05, 3.63) is 406 Å². The van der Waals surface area contributed by atoms with Gasteiger partial charge in [0.1, 0.15) is 5.58 Å². The molecule has 4 fully saturated rings. The third kappa shape index (κ3) is 40.0. The Bertz CT molecular complexity index is 3770. The maximum absolute atomic E-state index is 5.44. The zero-order chi connectivity index (χ0) is 79.2. The van der Waals surface area contributed by atoms with Crippen LogP contribution in [0.2, 0.25) is 0 Å². The molecule has 0 spiro atoms. The molecule has 11 aromatic rings. The SMILES string of the molecule is CC(C)(C)NC(=NCc1cccc2ccccc12)P(C1CCCCC1)C1CCCCC1.CC(C)(C)[N-]C([N-]Cc1cccc2ccccc12)P(C1CCCCC1)C1CCCCC1.[CH2-]c1ccccc1.[CH2-]c1ccccc1.[CH2-]c1ccccc1.[CH2-]c1ccccc1.[CH2-]c1ccccc1.[CH2-]c1ccccc1.[CH2-]c1ccccc1.[Hf+4].[Hf]. The second kappa shape index (κ2) is 55.6. The van der Waals surface area contributed by atoms with Gasteiger partial charge >= 0.3 is 25.8 Å². The molecule has 1 N–H and O–H groups in total. The average Bonchev–Trinajstić information content (AvgIpc) is 0.824. The van der Waals surface area contributed by atoms with Gasteiger partial charge in [0, 0.05) is 31.4 Å². The fraction of sp³-hybridized carbons (Fsp3) is 0.333. The summed E-state index contributed by atoms with van der Waals surface area (Å²) in [4.78, 5) is 5.41. The molecule has 4 aliphatic rings. The van der Waals surface area contributed by atoms with Crippen LogP contribution < -0.4 is 5.32 Å². The van der Waals surface area contributed by atoms with Gasteiger partial charge in [0.2, 0.25) is 0 Å². The van der Waals surface area contributed by atoms with E-state index in [9.17, 15) is 0 Å². The monoisotopic (exact) mass is 1870 g/mol. The average molecular weight is 1870 g/mol. The van der Waals surface area contributed by atoms with Gasteiger partial charge in [-0.1, -0.05) is 231 Å². The molecule has 1 unspecified atom stereocenters. The van der Waals surface area contributed by atoms with Crippen LogP contribution in [0.5, 0.6) is 0 Å². The Labute approximate surface area is 727 Å². The normalized spacial score (nSPS) is 14.7. The summed E-state index contributed by atoms with van der Waals surface area (Å²) >= 11 is 0. The molecule has 11 aromatic carbocycles. The molecule has 4 aliphatic carbocycles. The molecule has 0 bridgehead atoms. The molecule has 0 heterocycles. The second-order valence-corrected chi connectivity index (χ2v) is 37.2. The van der Waals surface area contributed by atoms with Crippen LogP contribution in [0.15, 0.2) is 302 Å². The van der Waals surface area contributed by atoms with Gasteiger partial charge in [-0.05, 0) is 130 Å². The van der Waals surface area contributed by atoms with Gasteiger partial charge in [-0.25, -0.2) is 5.91 Å². The van der Waals surface area contributed by atoms with Crippen molar-refractivity contribution in [1.29, 1.82) is 0 Å². The zero-order valence-corrected chi connectivity index (χ0v) is 78.4. The fourth-order valence-electron chi connectivity index (χ4n) is 14.4. The predicted octanol–water partition coefficient (Wildman–Crippen LogP) is 30.6. The molecule has 15 rings (SSSR count). The van der Waals surface area contributed by atoms with E-state index in [1.807, 2.05) is 212 Å². The van der Waals surface area contributed by atoms with Gasteiger partial charge < -0.3 is 16.0 Å². The molecule has 0 saturated heterocycles. The molecule has 0 amide bonds. The summed E-state index contributed by atoms with van der Waals surface area (Å²) in [5.74, 6) is 0.195. The molecule has 8 heteroatoms. The molecule has 113 heavy (non-hydrogen) atoms. The van der Waals surface area contributed by atoms with Gasteiger partial charge in [-0.15, -0.1) is 105 Å². The number of fused-ring (bicyclic) bond motifs is 2. The zero-order valence-electron chi connectivity index (χ0n) is 69.4. The minimum atomic E-state index is -0.225. The first-order valence-electron chi connectivity index (χ1n) is 41.1. The minimum absolute atomic E-state index is 0. The number of nitrogens with zero attached hydrogens (tertiary/aromatic N) is 3. The van der Waals surface area contributed by atoms with Gasteiger partial charge in [-0.2, -0.15) is 172 Å². The summed E-state index contributed by atoms with van der Waals surface area (Å²) in [5, 5.41) is 20.1. The number of rotatable bonds is 12. The quantitative estimate of drug-likeness (QED) is 0.0428. The molecule has 0 aromatic heterocycles. The van der Waals surface area contributed by atoms with Crippen molar-refractivity contribution in [2.45, 2.75) is 223 Å². The summed E-state index contributed by atoms with van der Waals surface area (Å²) in [5.41, 5.74) is 15.1. The third-order valence-corrected chi connectivity index (χ3v) is 26.8. The Kier molecular flexibility index (Phi) is 47.5. The molecule has 0 aliphatic heterocycles. The van der Waals surface area contributed by atoms with E-state index in [-0.39, 0.29) is 84.5 Å². The molecular weight excluding hydrogens is 1740 g/mol. The van der Waals surface area contributed by atoms with E-state index in [0.29, 0.717) is 0 Å². The van der Waals surface area contributed by atoms with E-state index in [1.165, 1.54) is 167 Å². The van der Waals surface area contributed by atoms with Gasteiger partial charge in [-0.3, -0.25) is 4.99 Å². The Morgan fingerprint density at radius 1 is 0.345 bits per heavy atom. The number of aliphatic imine (C=N–C) groups is 1. The van der Waals surface area contributed by atoms with Crippen molar-refractivity contribution >= 4 is 43.0 Å². The first kappa shape index (κ1) is 96.6. The van der Waals surface area contributed by atoms with Crippen LogP contribution in [0, 0.1) is 48.5 Å². The number of hydrogen-bond acceptors (Lipinski definition) is 1. The van der Waals surface area contributed by atoms with E-state index >= 15 is 0 Å². The van der Waals surface area contributed by atoms with Crippen molar-refractivity contribution < 1.29 is 51.7 Å². The largest absolute Gasteiger partial charge is 4.00 e. The fourth-order valence-corrected chi connectivity index (χ4v) is 22.3. The molecule has 4 saturated carbocycles. The van der Waals surface area contributed by atoms with E-state index in [1.54, 1.807) is 0 Å². The smallest absolute Gasteiger partial charge is 0.670 e. The molecule has 1 atom stereocenters. The number of hydrogen-bond donors (Lipinski definition) is 1. The Morgan fingerprint density at radius 3 is 0.876 bits per heavy atom. The number of amidine groups is 1. The van der Waals surface area contributed by atoms with E-state index in [2.05, 4.69) is 180 Å². The number of nitrogens with one attached hydrogen (secondary N) is 1. The molecule has 4 nitrogen and oxygen atoms in total. The van der Waals surface area contributed by atoms with Crippen molar-refractivity contribution in [2.24, 2.45) is 4.99 Å². The van der Waals surface area contributed by atoms with Crippen molar-refractivity contribution in [3.63, 3.8) is 0 Å². The van der Waals surface area contributed by atoms with Crippen LogP contribution in [-0.2, 0) is 64.8 Å². The number of benzene rings is 11. The second-order valence-electron chi connectivity index (χ2n) is 31.7. The maximum Gasteiger partial charge on any atom is 4.00 e. The summed E-state index contributed by atoms with van der Waals surface area (Å²) in [6.07, 6.45) is 28.4. The predicted molar refractivity (Wildman–Crippen MR) is 494 cm³/mol. The summed E-state index contributed by atoms with van der Waals surface area (Å²) in [6.45, 7) is 41.3. The standard InChI is InChI=1S/2C28H41N2P.7C7H7.2Hf/c2*1-28(2,3)30-27(29-21-23-15-12-14-22-13-10-11-20-26(22)23)31(24-16-6-4-7-17-24)25-18-8-5-9-19-25;7*1-7-5-3-2-4-6-7;;/h10-15,20,24-25H,4-9,16-19,21H2,1-3H3,(H,29,30);10-15,20,24-25,27H,4-9,16-19,21H2,1-3H3;7*2-6H,1H2;;/q;-2;7*-1;;+4. The minimum Gasteiger partial charge on any atom is -0.670 e. The van der Waals surface area contributed by atoms with E-state index in [4.69, 9.17) is 15.6 Å². The summed E-state index contributed by atoms with van der Waals surface area (Å²) < 4.78 is 0. The van der Waals surface area contributed by atoms with Crippen molar-refractivity contribution in [2.75, 3.05) is 0 Å². The van der Waals surface area contributed by atoms with Crippen LogP contribution in [0.1, 0.15) is 220 Å². The summed E-state index contributed by atoms with van der Waals surface area (Å²) in [6, 6.07) is 100.0. The Balaban J connectivity index is 0.000000252. The van der Waals surface area contributed by atoms with Gasteiger partial charge in [0.05, 0.1) is 6.54 Å². The van der Waals surface area contributed by atoms with Gasteiger partial charge in [0.25, 0.3) is 0 Å². The molecular formula is C105H131Hf2N4P2-5. The van der Waals surface area contributed by atoms with Crippen LogP contribution in [0.25, 0.3) is 32.2 Å². The van der Waals surface area contributed by atoms with Crippen LogP contribution in [-0.4, -0.2) is 45.2 Å². The Hall–Kier alpha value is -6.98. The van der Waals surface area contributed by atoms with Crippen molar-refractivity contribution in [3.8, 4) is 0 Å². The van der Waals surface area contributed by atoms with Crippen molar-refractivity contribution in [1.82, 2.24) is 5.32 Å². The molecule has 0 radical (unpaired) electrons. The third-order valence-electron chi connectivity index (χ3n) is 19.9. The Morgan fingerprint density at radius 2 is 0.602 bits per heavy atom. The van der Waals surface area contributed by atoms with Crippen LogP contribution >= 0.6 is 15.8 Å². The molecule has 594 valence electrons. The van der Waals surface area contributed by atoms with E-state index < -0.39 is 0 Å². The van der Waals surface area contributed by atoms with E-state index in [0.717, 1.165) is 74.7 Å².